The number of hydrogen-bond acceptors (Lipinski definition) is 5. The zero-order valence-electron chi connectivity index (χ0n) is 11.1. The van der Waals surface area contributed by atoms with Crippen molar-refractivity contribution in [2.75, 3.05) is 5.32 Å². The van der Waals surface area contributed by atoms with Crippen molar-refractivity contribution < 1.29 is 4.92 Å². The van der Waals surface area contributed by atoms with Crippen LogP contribution in [0.4, 0.5) is 11.5 Å². The Labute approximate surface area is 115 Å². The topological polar surface area (TPSA) is 68.1 Å². The third kappa shape index (κ3) is 3.08. The van der Waals surface area contributed by atoms with Crippen LogP contribution in [0, 0.1) is 30.9 Å². The van der Waals surface area contributed by atoms with Gasteiger partial charge in [0.1, 0.15) is 0 Å². The van der Waals surface area contributed by atoms with E-state index in [1.165, 1.54) is 16.5 Å². The second-order valence-corrected chi connectivity index (χ2v) is 5.72. The van der Waals surface area contributed by atoms with Gasteiger partial charge in [0.25, 0.3) is 0 Å². The number of pyridine rings is 1. The van der Waals surface area contributed by atoms with Crippen LogP contribution in [0.3, 0.4) is 0 Å². The fourth-order valence-corrected chi connectivity index (χ4v) is 2.73. The van der Waals surface area contributed by atoms with Crippen molar-refractivity contribution in [3.8, 4) is 0 Å². The quantitative estimate of drug-likeness (QED) is 0.685. The minimum absolute atomic E-state index is 0.00981. The van der Waals surface area contributed by atoms with Crippen LogP contribution in [0.15, 0.2) is 18.2 Å². The molecule has 1 N–H and O–H groups in total. The normalized spacial score (nSPS) is 10.5. The lowest BCUT2D eigenvalue weighted by molar-refractivity contribution is -0.384. The van der Waals surface area contributed by atoms with Crippen molar-refractivity contribution in [1.29, 1.82) is 0 Å². The van der Waals surface area contributed by atoms with Crippen molar-refractivity contribution in [3.05, 3.63) is 49.3 Å². The summed E-state index contributed by atoms with van der Waals surface area (Å²) in [5.41, 5.74) is 2.01. The third-order valence-electron chi connectivity index (χ3n) is 2.86. The average molecular weight is 277 g/mol. The lowest BCUT2D eigenvalue weighted by Crippen LogP contribution is -2.04. The molecule has 2 aromatic rings. The highest BCUT2D eigenvalue weighted by atomic mass is 32.1. The molecule has 0 spiro atoms. The van der Waals surface area contributed by atoms with Gasteiger partial charge in [-0.05, 0) is 38.5 Å². The summed E-state index contributed by atoms with van der Waals surface area (Å²) in [5.74, 6) is 0.328. The molecule has 0 aliphatic carbocycles. The molecule has 0 saturated heterocycles. The summed E-state index contributed by atoms with van der Waals surface area (Å²) in [4.78, 5) is 17.1. The number of aryl methyl sites for hydroxylation is 3. The Morgan fingerprint density at radius 2 is 2.11 bits per heavy atom. The molecule has 0 radical (unpaired) electrons. The van der Waals surface area contributed by atoms with Crippen molar-refractivity contribution in [2.45, 2.75) is 27.3 Å². The van der Waals surface area contributed by atoms with Crippen LogP contribution in [0.5, 0.6) is 0 Å². The number of thiophene rings is 1. The molecule has 0 aliphatic heterocycles. The molecule has 5 nitrogen and oxygen atoms in total. The number of anilines is 1. The number of nitro groups is 1. The monoisotopic (exact) mass is 277 g/mol. The van der Waals surface area contributed by atoms with Crippen LogP contribution >= 0.6 is 11.3 Å². The van der Waals surface area contributed by atoms with Crippen LogP contribution in [0.25, 0.3) is 0 Å². The van der Waals surface area contributed by atoms with Gasteiger partial charge < -0.3 is 5.32 Å². The fraction of sp³-hybridized carbons (Fsp3) is 0.308. The Hall–Kier alpha value is -1.95. The molecule has 19 heavy (non-hydrogen) atoms. The Morgan fingerprint density at radius 3 is 2.68 bits per heavy atom. The van der Waals surface area contributed by atoms with E-state index in [0.717, 1.165) is 10.6 Å². The van der Waals surface area contributed by atoms with Gasteiger partial charge in [0.05, 0.1) is 11.5 Å². The average Bonchev–Trinajstić information content (AvgIpc) is 2.66. The molecule has 0 unspecified atom stereocenters. The van der Waals surface area contributed by atoms with E-state index in [0.29, 0.717) is 12.4 Å². The maximum absolute atomic E-state index is 10.9. The molecule has 0 bridgehead atoms. The Morgan fingerprint density at radius 1 is 1.37 bits per heavy atom. The van der Waals surface area contributed by atoms with E-state index in [1.807, 2.05) is 6.92 Å². The predicted octanol–water partition coefficient (Wildman–Crippen LogP) is 3.59. The van der Waals surface area contributed by atoms with Crippen LogP contribution in [-0.4, -0.2) is 9.91 Å². The first-order valence-corrected chi connectivity index (χ1v) is 6.71. The number of nitrogens with one attached hydrogen (secondary N) is 1. The molecule has 100 valence electrons. The van der Waals surface area contributed by atoms with E-state index in [9.17, 15) is 10.1 Å². The molecule has 2 rings (SSSR count). The van der Waals surface area contributed by atoms with E-state index < -0.39 is 4.92 Å². The molecule has 0 aromatic carbocycles. The molecule has 6 heteroatoms. The van der Waals surface area contributed by atoms with E-state index in [-0.39, 0.29) is 5.69 Å². The maximum Gasteiger partial charge on any atom is 0.311 e. The lowest BCUT2D eigenvalue weighted by atomic mass is 10.3. The van der Waals surface area contributed by atoms with Gasteiger partial charge in [0.15, 0.2) is 0 Å². The Kier molecular flexibility index (Phi) is 3.80. The Balaban J connectivity index is 2.19. The summed E-state index contributed by atoms with van der Waals surface area (Å²) in [6.07, 6.45) is 0. The van der Waals surface area contributed by atoms with Crippen molar-refractivity contribution in [2.24, 2.45) is 0 Å². The largest absolute Gasteiger partial charge is 0.359 e. The van der Waals surface area contributed by atoms with Gasteiger partial charge in [-0.2, -0.15) is 0 Å². The van der Waals surface area contributed by atoms with Gasteiger partial charge in [-0.3, -0.25) is 10.1 Å². The highest BCUT2D eigenvalue weighted by Gasteiger charge is 2.15. The molecule has 0 aliphatic rings. The SMILES string of the molecule is Cc1ccc([N+](=O)[O-])c(NCc2cc(C)c(C)s2)n1. The number of aromatic nitrogens is 1. The van der Waals surface area contributed by atoms with Crippen molar-refractivity contribution in [1.82, 2.24) is 4.98 Å². The standard InChI is InChI=1S/C13H15N3O2S/c1-8-6-11(19-10(8)3)7-14-13-12(16(17)18)5-4-9(2)15-13/h4-6H,7H2,1-3H3,(H,14,15). The zero-order chi connectivity index (χ0) is 14.0. The predicted molar refractivity (Wildman–Crippen MR) is 76.7 cm³/mol. The van der Waals surface area contributed by atoms with Crippen LogP contribution in [-0.2, 0) is 6.54 Å². The summed E-state index contributed by atoms with van der Waals surface area (Å²) < 4.78 is 0. The van der Waals surface area contributed by atoms with E-state index >= 15 is 0 Å². The van der Waals surface area contributed by atoms with E-state index in [4.69, 9.17) is 0 Å². The maximum atomic E-state index is 10.9. The van der Waals surface area contributed by atoms with E-state index in [1.54, 1.807) is 17.4 Å². The minimum atomic E-state index is -0.417. The van der Waals surface area contributed by atoms with Crippen LogP contribution in [0.2, 0.25) is 0 Å². The summed E-state index contributed by atoms with van der Waals surface area (Å²) in [6.45, 7) is 6.49. The smallest absolute Gasteiger partial charge is 0.311 e. The molecular formula is C13H15N3O2S. The van der Waals surface area contributed by atoms with Crippen molar-refractivity contribution >= 4 is 22.8 Å². The van der Waals surface area contributed by atoms with Gasteiger partial charge >= 0.3 is 5.69 Å². The van der Waals surface area contributed by atoms with Gasteiger partial charge in [-0.1, -0.05) is 0 Å². The third-order valence-corrected chi connectivity index (χ3v) is 4.01. The van der Waals surface area contributed by atoms with Gasteiger partial charge in [0.2, 0.25) is 5.82 Å². The van der Waals surface area contributed by atoms with Gasteiger partial charge in [-0.15, -0.1) is 11.3 Å². The first-order valence-electron chi connectivity index (χ1n) is 5.89. The molecule has 0 saturated carbocycles. The molecule has 0 atom stereocenters. The summed E-state index contributed by atoms with van der Waals surface area (Å²) in [6, 6.07) is 5.22. The molecule has 2 aromatic heterocycles. The molecule has 2 heterocycles. The summed E-state index contributed by atoms with van der Waals surface area (Å²) >= 11 is 1.69. The molecule has 0 amide bonds. The first kappa shape index (κ1) is 13.5. The van der Waals surface area contributed by atoms with Crippen LogP contribution in [0.1, 0.15) is 21.0 Å². The Bertz CT molecular complexity index is 603. The molecule has 0 fully saturated rings. The highest BCUT2D eigenvalue weighted by molar-refractivity contribution is 7.12. The van der Waals surface area contributed by atoms with Crippen LogP contribution < -0.4 is 5.32 Å². The summed E-state index contributed by atoms with van der Waals surface area (Å²) in [7, 11) is 0. The minimum Gasteiger partial charge on any atom is -0.359 e. The zero-order valence-corrected chi connectivity index (χ0v) is 11.9. The van der Waals surface area contributed by atoms with Gasteiger partial charge in [0, 0.05) is 21.5 Å². The number of nitrogens with zero attached hydrogens (tertiary/aromatic N) is 2. The lowest BCUT2D eigenvalue weighted by Gasteiger charge is -2.05. The first-order chi connectivity index (χ1) is 8.97. The highest BCUT2D eigenvalue weighted by Crippen LogP contribution is 2.25. The molecular weight excluding hydrogens is 262 g/mol. The second kappa shape index (κ2) is 5.36. The second-order valence-electron chi connectivity index (χ2n) is 4.38. The van der Waals surface area contributed by atoms with Crippen molar-refractivity contribution in [3.63, 3.8) is 0 Å². The van der Waals surface area contributed by atoms with E-state index in [2.05, 4.69) is 30.2 Å². The van der Waals surface area contributed by atoms with Gasteiger partial charge in [-0.25, -0.2) is 4.98 Å². The number of rotatable bonds is 4. The number of hydrogen-bond donors (Lipinski definition) is 1. The summed E-state index contributed by atoms with van der Waals surface area (Å²) in [5, 5.41) is 14.0. The fourth-order valence-electron chi connectivity index (χ4n) is 1.73.